The van der Waals surface area contributed by atoms with Crippen molar-refractivity contribution >= 4 is 33.2 Å². The van der Waals surface area contributed by atoms with Crippen molar-refractivity contribution in [3.05, 3.63) is 29.0 Å². The summed E-state index contributed by atoms with van der Waals surface area (Å²) in [6, 6.07) is 3.68. The Morgan fingerprint density at radius 1 is 1.29 bits per heavy atom. The largest absolute Gasteiger partial charge is 0.325 e. The number of hydrogen-bond acceptors (Lipinski definition) is 3. The Kier molecular flexibility index (Phi) is 6.60. The third-order valence-corrected chi connectivity index (χ3v) is 5.73. The molecule has 1 aromatic rings. The highest BCUT2D eigenvalue weighted by atomic mass is 35.5. The van der Waals surface area contributed by atoms with E-state index in [0.29, 0.717) is 5.69 Å². The van der Waals surface area contributed by atoms with Gasteiger partial charge >= 0.3 is 0 Å². The van der Waals surface area contributed by atoms with E-state index in [-0.39, 0.29) is 17.6 Å². The third-order valence-electron chi connectivity index (χ3n) is 4.16. The van der Waals surface area contributed by atoms with Crippen LogP contribution in [0.5, 0.6) is 0 Å². The van der Waals surface area contributed by atoms with Crippen molar-refractivity contribution in [2.45, 2.75) is 44.6 Å². The van der Waals surface area contributed by atoms with Gasteiger partial charge in [0, 0.05) is 11.7 Å². The Morgan fingerprint density at radius 2 is 1.92 bits per heavy atom. The molecule has 1 saturated carbocycles. The van der Waals surface area contributed by atoms with Crippen molar-refractivity contribution in [3.63, 3.8) is 0 Å². The van der Waals surface area contributed by atoms with E-state index in [1.165, 1.54) is 16.4 Å². The van der Waals surface area contributed by atoms with Gasteiger partial charge in [-0.15, -0.1) is 0 Å². The van der Waals surface area contributed by atoms with E-state index in [4.69, 9.17) is 11.6 Å². The molecule has 1 amide bonds. The Bertz CT molecular complexity index is 689. The van der Waals surface area contributed by atoms with Gasteiger partial charge in [-0.25, -0.2) is 12.8 Å². The molecule has 1 aromatic carbocycles. The van der Waals surface area contributed by atoms with Crippen LogP contribution < -0.4 is 5.32 Å². The molecule has 2 rings (SSSR count). The first kappa shape index (κ1) is 19.1. The van der Waals surface area contributed by atoms with E-state index in [1.54, 1.807) is 0 Å². The van der Waals surface area contributed by atoms with Gasteiger partial charge in [0.25, 0.3) is 0 Å². The highest BCUT2D eigenvalue weighted by Crippen LogP contribution is 2.24. The van der Waals surface area contributed by atoms with Crippen molar-refractivity contribution in [3.8, 4) is 0 Å². The van der Waals surface area contributed by atoms with Crippen molar-refractivity contribution in [1.29, 1.82) is 0 Å². The summed E-state index contributed by atoms with van der Waals surface area (Å²) in [7, 11) is -3.50. The molecule has 1 fully saturated rings. The maximum absolute atomic E-state index is 13.2. The fourth-order valence-electron chi connectivity index (χ4n) is 2.98. The van der Waals surface area contributed by atoms with Crippen molar-refractivity contribution in [1.82, 2.24) is 4.31 Å². The van der Waals surface area contributed by atoms with Crippen molar-refractivity contribution in [2.24, 2.45) is 0 Å². The van der Waals surface area contributed by atoms with Crippen LogP contribution in [0.1, 0.15) is 38.5 Å². The predicted octanol–water partition coefficient (Wildman–Crippen LogP) is 3.40. The lowest BCUT2D eigenvalue weighted by molar-refractivity contribution is -0.116. The molecule has 134 valence electrons. The van der Waals surface area contributed by atoms with Crippen molar-refractivity contribution in [2.75, 3.05) is 18.1 Å². The Labute approximate surface area is 147 Å². The molecule has 1 aliphatic rings. The van der Waals surface area contributed by atoms with Gasteiger partial charge in [-0.3, -0.25) is 4.79 Å². The summed E-state index contributed by atoms with van der Waals surface area (Å²) in [6.07, 6.45) is 6.77. The van der Waals surface area contributed by atoms with Crippen LogP contribution in [0.3, 0.4) is 0 Å². The average Bonchev–Trinajstić information content (AvgIpc) is 2.76. The highest BCUT2D eigenvalue weighted by Gasteiger charge is 2.29. The standard InChI is InChI=1S/C16H22ClFN2O3S/c1-24(22,23)20(13-6-4-2-3-5-7-13)11-16(21)19-12-8-9-15(18)14(17)10-12/h8-10,13H,2-7,11H2,1H3,(H,19,21). The fraction of sp³-hybridized carbons (Fsp3) is 0.562. The lowest BCUT2D eigenvalue weighted by Crippen LogP contribution is -2.44. The number of benzene rings is 1. The number of anilines is 1. The van der Waals surface area contributed by atoms with Crippen LogP contribution >= 0.6 is 11.6 Å². The molecule has 0 aliphatic heterocycles. The lowest BCUT2D eigenvalue weighted by atomic mass is 10.1. The minimum Gasteiger partial charge on any atom is -0.325 e. The maximum atomic E-state index is 13.2. The van der Waals surface area contributed by atoms with Gasteiger partial charge in [0.15, 0.2) is 0 Å². The second-order valence-corrected chi connectivity index (χ2v) is 8.47. The molecule has 0 saturated heterocycles. The number of sulfonamides is 1. The van der Waals surface area contributed by atoms with Crippen LogP contribution in [-0.4, -0.2) is 37.5 Å². The highest BCUT2D eigenvalue weighted by molar-refractivity contribution is 7.88. The fourth-order valence-corrected chi connectivity index (χ4v) is 4.26. The van der Waals surface area contributed by atoms with Gasteiger partial charge < -0.3 is 5.32 Å². The molecular formula is C16H22ClFN2O3S. The summed E-state index contributed by atoms with van der Waals surface area (Å²) in [4.78, 5) is 12.2. The quantitative estimate of drug-likeness (QED) is 0.801. The van der Waals surface area contributed by atoms with E-state index < -0.39 is 21.7 Å². The molecule has 0 bridgehead atoms. The Balaban J connectivity index is 2.07. The number of carbonyl (C=O) groups excluding carboxylic acids is 1. The number of nitrogens with zero attached hydrogens (tertiary/aromatic N) is 1. The van der Waals surface area contributed by atoms with E-state index >= 15 is 0 Å². The van der Waals surface area contributed by atoms with Crippen LogP contribution in [0.2, 0.25) is 5.02 Å². The third kappa shape index (κ3) is 5.43. The van der Waals surface area contributed by atoms with Gasteiger partial charge in [-0.05, 0) is 31.0 Å². The summed E-state index contributed by atoms with van der Waals surface area (Å²) < 4.78 is 38.6. The summed E-state index contributed by atoms with van der Waals surface area (Å²) in [5, 5.41) is 2.47. The topological polar surface area (TPSA) is 66.5 Å². The van der Waals surface area contributed by atoms with Crippen LogP contribution in [0, 0.1) is 5.82 Å². The number of hydrogen-bond donors (Lipinski definition) is 1. The van der Waals surface area contributed by atoms with Gasteiger partial charge in [-0.1, -0.05) is 37.3 Å². The molecule has 5 nitrogen and oxygen atoms in total. The number of rotatable bonds is 5. The Morgan fingerprint density at radius 3 is 2.46 bits per heavy atom. The second-order valence-electron chi connectivity index (χ2n) is 6.13. The molecule has 0 spiro atoms. The molecule has 0 unspecified atom stereocenters. The first-order valence-corrected chi connectivity index (χ1v) is 10.2. The van der Waals surface area contributed by atoms with E-state index in [2.05, 4.69) is 5.32 Å². The summed E-state index contributed by atoms with van der Waals surface area (Å²) in [5.41, 5.74) is 0.334. The zero-order chi connectivity index (χ0) is 17.7. The molecule has 0 aromatic heterocycles. The molecule has 0 atom stereocenters. The van der Waals surface area contributed by atoms with Gasteiger partial charge in [0.2, 0.25) is 15.9 Å². The SMILES string of the molecule is CS(=O)(=O)N(CC(=O)Nc1ccc(F)c(Cl)c1)C1CCCCCC1. The first-order valence-electron chi connectivity index (χ1n) is 7.99. The van der Waals surface area contributed by atoms with Crippen LogP contribution in [0.15, 0.2) is 18.2 Å². The molecule has 24 heavy (non-hydrogen) atoms. The zero-order valence-electron chi connectivity index (χ0n) is 13.6. The van der Waals surface area contributed by atoms with E-state index in [1.807, 2.05) is 0 Å². The molecule has 0 heterocycles. The van der Waals surface area contributed by atoms with Crippen LogP contribution in [0.25, 0.3) is 0 Å². The van der Waals surface area contributed by atoms with Gasteiger partial charge in [0.05, 0.1) is 17.8 Å². The molecule has 1 aliphatic carbocycles. The smallest absolute Gasteiger partial charge is 0.239 e. The summed E-state index contributed by atoms with van der Waals surface area (Å²) in [6.45, 7) is -0.251. The van der Waals surface area contributed by atoms with Gasteiger partial charge in [0.1, 0.15) is 5.82 Å². The number of nitrogens with one attached hydrogen (secondary N) is 1. The normalized spacial score (nSPS) is 16.8. The summed E-state index contributed by atoms with van der Waals surface area (Å²) >= 11 is 5.68. The minimum atomic E-state index is -3.50. The number of halogens is 2. The lowest BCUT2D eigenvalue weighted by Gasteiger charge is -2.28. The Hall–Kier alpha value is -1.18. The summed E-state index contributed by atoms with van der Waals surface area (Å²) in [5.74, 6) is -1.04. The molecule has 0 radical (unpaired) electrons. The van der Waals surface area contributed by atoms with Crippen LogP contribution in [-0.2, 0) is 14.8 Å². The second kappa shape index (κ2) is 8.27. The average molecular weight is 377 g/mol. The monoisotopic (exact) mass is 376 g/mol. The van der Waals surface area contributed by atoms with Crippen molar-refractivity contribution < 1.29 is 17.6 Å². The van der Waals surface area contributed by atoms with E-state index in [9.17, 15) is 17.6 Å². The maximum Gasteiger partial charge on any atom is 0.239 e. The molecule has 1 N–H and O–H groups in total. The zero-order valence-corrected chi connectivity index (χ0v) is 15.2. The van der Waals surface area contributed by atoms with Gasteiger partial charge in [-0.2, -0.15) is 4.31 Å². The number of amides is 1. The first-order chi connectivity index (χ1) is 11.3. The minimum absolute atomic E-state index is 0.100. The molecular weight excluding hydrogens is 355 g/mol. The number of carbonyl (C=O) groups is 1. The molecule has 8 heteroatoms. The van der Waals surface area contributed by atoms with Crippen LogP contribution in [0.4, 0.5) is 10.1 Å². The van der Waals surface area contributed by atoms with E-state index in [0.717, 1.165) is 50.8 Å². The predicted molar refractivity (Wildman–Crippen MR) is 93.1 cm³/mol.